The summed E-state index contributed by atoms with van der Waals surface area (Å²) in [5.74, 6) is 1.11. The molecule has 0 saturated carbocycles. The lowest BCUT2D eigenvalue weighted by Gasteiger charge is -2.28. The topological polar surface area (TPSA) is 35.5 Å². The van der Waals surface area contributed by atoms with E-state index in [2.05, 4.69) is 76.2 Å². The van der Waals surface area contributed by atoms with Crippen LogP contribution in [0.5, 0.6) is 11.5 Å². The van der Waals surface area contributed by atoms with Crippen LogP contribution in [0, 0.1) is 13.8 Å². The van der Waals surface area contributed by atoms with Crippen molar-refractivity contribution in [1.82, 2.24) is 0 Å². The Bertz CT molecular complexity index is 1350. The molecule has 4 rings (SSSR count). The molecular formula is C32H32O3. The van der Waals surface area contributed by atoms with Crippen molar-refractivity contribution in [1.29, 1.82) is 0 Å². The molecule has 0 fully saturated rings. The summed E-state index contributed by atoms with van der Waals surface area (Å²) in [6, 6.07) is 29.3. The van der Waals surface area contributed by atoms with Crippen molar-refractivity contribution in [2.45, 2.75) is 40.0 Å². The Kier molecular flexibility index (Phi) is 6.79. The van der Waals surface area contributed by atoms with Crippen LogP contribution in [0.25, 0.3) is 22.3 Å². The van der Waals surface area contributed by atoms with Crippen molar-refractivity contribution in [2.75, 3.05) is 7.11 Å². The van der Waals surface area contributed by atoms with Crippen molar-refractivity contribution < 1.29 is 14.3 Å². The van der Waals surface area contributed by atoms with E-state index < -0.39 is 0 Å². The first-order valence-electron chi connectivity index (χ1n) is 11.8. The van der Waals surface area contributed by atoms with Gasteiger partial charge in [-0.1, -0.05) is 74.5 Å². The van der Waals surface area contributed by atoms with E-state index in [1.165, 1.54) is 45.9 Å². The van der Waals surface area contributed by atoms with Gasteiger partial charge in [0.15, 0.2) is 0 Å². The van der Waals surface area contributed by atoms with E-state index in [0.717, 1.165) is 11.3 Å². The van der Waals surface area contributed by atoms with Crippen molar-refractivity contribution in [2.24, 2.45) is 0 Å². The molecule has 0 heterocycles. The van der Waals surface area contributed by atoms with Gasteiger partial charge in [0.1, 0.15) is 11.5 Å². The summed E-state index contributed by atoms with van der Waals surface area (Å²) >= 11 is 0. The maximum atomic E-state index is 11.2. The lowest BCUT2D eigenvalue weighted by Crippen LogP contribution is -2.19. The minimum absolute atomic E-state index is 0.147. The Morgan fingerprint density at radius 2 is 1.09 bits per heavy atom. The van der Waals surface area contributed by atoms with Gasteiger partial charge in [-0.3, -0.25) is 4.79 Å². The van der Waals surface area contributed by atoms with E-state index in [-0.39, 0.29) is 11.4 Å². The van der Waals surface area contributed by atoms with Gasteiger partial charge < -0.3 is 9.47 Å². The maximum Gasteiger partial charge on any atom is 0.308 e. The first-order valence-corrected chi connectivity index (χ1v) is 11.8. The highest BCUT2D eigenvalue weighted by atomic mass is 16.5. The zero-order valence-corrected chi connectivity index (χ0v) is 21.3. The van der Waals surface area contributed by atoms with Gasteiger partial charge in [0, 0.05) is 12.3 Å². The number of carbonyl (C=O) groups is 1. The fraction of sp³-hybridized carbons (Fsp3) is 0.219. The Labute approximate surface area is 208 Å². The Balaban J connectivity index is 1.61. The second-order valence-electron chi connectivity index (χ2n) is 9.53. The zero-order chi connectivity index (χ0) is 25.2. The van der Waals surface area contributed by atoms with Crippen LogP contribution in [-0.2, 0) is 10.2 Å². The molecular weight excluding hydrogens is 432 g/mol. The second-order valence-corrected chi connectivity index (χ2v) is 9.53. The zero-order valence-electron chi connectivity index (χ0n) is 21.3. The van der Waals surface area contributed by atoms with E-state index in [1.807, 2.05) is 36.4 Å². The normalized spacial score (nSPS) is 11.3. The number of carbonyl (C=O) groups excluding carboxylic acids is 1. The first kappa shape index (κ1) is 24.3. The minimum atomic E-state index is -0.312. The van der Waals surface area contributed by atoms with Crippen molar-refractivity contribution in [3.05, 3.63) is 107 Å². The van der Waals surface area contributed by atoms with Gasteiger partial charge in [0.05, 0.1) is 7.11 Å². The number of hydrogen-bond acceptors (Lipinski definition) is 3. The third kappa shape index (κ3) is 5.14. The first-order chi connectivity index (χ1) is 16.7. The molecule has 0 amide bonds. The van der Waals surface area contributed by atoms with Crippen LogP contribution in [0.3, 0.4) is 0 Å². The minimum Gasteiger partial charge on any atom is -0.497 e. The summed E-state index contributed by atoms with van der Waals surface area (Å²) in [6.07, 6.45) is 0. The second kappa shape index (κ2) is 9.79. The number of hydrogen-bond donors (Lipinski definition) is 0. The van der Waals surface area contributed by atoms with Gasteiger partial charge in [-0.25, -0.2) is 0 Å². The Hall–Kier alpha value is -3.85. The highest BCUT2D eigenvalue weighted by molar-refractivity contribution is 5.72. The van der Waals surface area contributed by atoms with Crippen molar-refractivity contribution in [3.63, 3.8) is 0 Å². The molecule has 0 unspecified atom stereocenters. The summed E-state index contributed by atoms with van der Waals surface area (Å²) in [7, 11) is 1.69. The molecule has 0 aliphatic rings. The highest BCUT2D eigenvalue weighted by Gasteiger charge is 2.24. The van der Waals surface area contributed by atoms with E-state index in [9.17, 15) is 4.79 Å². The molecule has 0 bridgehead atoms. The van der Waals surface area contributed by atoms with Gasteiger partial charge in [-0.15, -0.1) is 0 Å². The summed E-state index contributed by atoms with van der Waals surface area (Å²) in [5, 5.41) is 0. The van der Waals surface area contributed by atoms with Gasteiger partial charge >= 0.3 is 5.97 Å². The molecule has 3 heteroatoms. The van der Waals surface area contributed by atoms with Crippen LogP contribution in [0.4, 0.5) is 0 Å². The molecule has 4 aromatic rings. The molecule has 0 N–H and O–H groups in total. The summed E-state index contributed by atoms with van der Waals surface area (Å²) in [5.41, 5.74) is 9.56. The number of rotatable bonds is 6. The number of benzene rings is 4. The largest absolute Gasteiger partial charge is 0.497 e. The number of esters is 1. The SMILES string of the molecule is COc1ccc(-c2ccc(C(C)(C)c3ccc(-c4ccc(OC(C)=O)cc4)c(C)c3)cc2C)cc1. The van der Waals surface area contributed by atoms with Crippen molar-refractivity contribution >= 4 is 5.97 Å². The quantitative estimate of drug-likeness (QED) is 0.215. The average Bonchev–Trinajstić information content (AvgIpc) is 2.84. The van der Waals surface area contributed by atoms with Gasteiger partial charge in [0.25, 0.3) is 0 Å². The van der Waals surface area contributed by atoms with Gasteiger partial charge in [-0.2, -0.15) is 0 Å². The molecule has 0 atom stereocenters. The summed E-state index contributed by atoms with van der Waals surface area (Å²) in [4.78, 5) is 11.2. The number of aryl methyl sites for hydroxylation is 2. The monoisotopic (exact) mass is 464 g/mol. The fourth-order valence-corrected chi connectivity index (χ4v) is 4.56. The molecule has 0 aromatic heterocycles. The lowest BCUT2D eigenvalue weighted by atomic mass is 9.76. The smallest absolute Gasteiger partial charge is 0.308 e. The summed E-state index contributed by atoms with van der Waals surface area (Å²) < 4.78 is 10.5. The van der Waals surface area contributed by atoms with Gasteiger partial charge in [0.2, 0.25) is 0 Å². The van der Waals surface area contributed by atoms with E-state index in [4.69, 9.17) is 9.47 Å². The molecule has 35 heavy (non-hydrogen) atoms. The Morgan fingerprint density at radius 1 is 0.657 bits per heavy atom. The van der Waals surface area contributed by atoms with Crippen LogP contribution in [0.15, 0.2) is 84.9 Å². The van der Waals surface area contributed by atoms with Crippen LogP contribution >= 0.6 is 0 Å². The number of ether oxygens (including phenoxy) is 2. The summed E-state index contributed by atoms with van der Waals surface area (Å²) in [6.45, 7) is 10.3. The molecule has 0 radical (unpaired) electrons. The number of methoxy groups -OCH3 is 1. The van der Waals surface area contributed by atoms with E-state index in [0.29, 0.717) is 5.75 Å². The molecule has 178 valence electrons. The van der Waals surface area contributed by atoms with Crippen LogP contribution < -0.4 is 9.47 Å². The third-order valence-corrected chi connectivity index (χ3v) is 6.72. The van der Waals surface area contributed by atoms with Crippen LogP contribution in [0.2, 0.25) is 0 Å². The van der Waals surface area contributed by atoms with Crippen molar-refractivity contribution in [3.8, 4) is 33.8 Å². The third-order valence-electron chi connectivity index (χ3n) is 6.72. The molecule has 0 aliphatic heterocycles. The lowest BCUT2D eigenvalue weighted by molar-refractivity contribution is -0.131. The Morgan fingerprint density at radius 3 is 1.46 bits per heavy atom. The van der Waals surface area contributed by atoms with Gasteiger partial charge in [-0.05, 0) is 82.6 Å². The molecule has 3 nitrogen and oxygen atoms in total. The fourth-order valence-electron chi connectivity index (χ4n) is 4.56. The molecule has 0 spiro atoms. The molecule has 0 aliphatic carbocycles. The molecule has 0 saturated heterocycles. The molecule has 4 aromatic carbocycles. The van der Waals surface area contributed by atoms with E-state index in [1.54, 1.807) is 7.11 Å². The van der Waals surface area contributed by atoms with E-state index >= 15 is 0 Å². The maximum absolute atomic E-state index is 11.2. The predicted octanol–water partition coefficient (Wildman–Crippen LogP) is 7.90. The highest BCUT2D eigenvalue weighted by Crippen LogP contribution is 2.37. The van der Waals surface area contributed by atoms with Crippen LogP contribution in [0.1, 0.15) is 43.0 Å². The van der Waals surface area contributed by atoms with Crippen LogP contribution in [-0.4, -0.2) is 13.1 Å². The standard InChI is InChI=1S/C32H32O3/c1-21-19-26(11-17-30(21)24-7-13-28(34-6)14-8-24)32(4,5)27-12-18-31(22(2)20-27)25-9-15-29(16-10-25)35-23(3)33/h7-20H,1-6H3. The average molecular weight is 465 g/mol. The predicted molar refractivity (Wildman–Crippen MR) is 143 cm³/mol.